The molecule has 0 aliphatic carbocycles. The first kappa shape index (κ1) is 30.2. The molecule has 0 bridgehead atoms. The highest BCUT2D eigenvalue weighted by Gasteiger charge is 2.23. The number of ether oxygens (including phenoxy) is 5. The highest BCUT2D eigenvalue weighted by molar-refractivity contribution is 5.92. The largest absolute Gasteiger partial charge is 0.497 e. The standard InChI is InChI=1S/C29H37N3O8/c1-35-14-12-32(29(34)30-22-16-24(36-2)18-25(17-22)37-3)20-28(33)31(19-23-7-6-13-40-23)11-10-21-8-9-26(38-4)27(15-21)39-5/h6-9,13,15-18H,10-12,14,19-20H2,1-5H3,(H,30,34). The van der Waals surface area contributed by atoms with Crippen LogP contribution in [0.4, 0.5) is 10.5 Å². The monoisotopic (exact) mass is 555 g/mol. The van der Waals surface area contributed by atoms with Crippen molar-refractivity contribution in [3.8, 4) is 23.0 Å². The van der Waals surface area contributed by atoms with E-state index in [2.05, 4.69) is 5.32 Å². The summed E-state index contributed by atoms with van der Waals surface area (Å²) in [6.45, 7) is 0.947. The third-order valence-electron chi connectivity index (χ3n) is 6.18. The summed E-state index contributed by atoms with van der Waals surface area (Å²) >= 11 is 0. The molecule has 0 aliphatic heterocycles. The van der Waals surface area contributed by atoms with Gasteiger partial charge in [-0.15, -0.1) is 0 Å². The van der Waals surface area contributed by atoms with Crippen LogP contribution in [-0.2, 0) is 22.5 Å². The van der Waals surface area contributed by atoms with Gasteiger partial charge in [0, 0.05) is 44.1 Å². The van der Waals surface area contributed by atoms with Crippen LogP contribution >= 0.6 is 0 Å². The molecular weight excluding hydrogens is 518 g/mol. The number of amides is 3. The van der Waals surface area contributed by atoms with Gasteiger partial charge in [-0.05, 0) is 36.2 Å². The Morgan fingerprint density at radius 1 is 0.825 bits per heavy atom. The molecule has 0 radical (unpaired) electrons. The number of anilines is 1. The lowest BCUT2D eigenvalue weighted by atomic mass is 10.1. The van der Waals surface area contributed by atoms with Crippen LogP contribution in [0.5, 0.6) is 23.0 Å². The maximum Gasteiger partial charge on any atom is 0.322 e. The number of hydrogen-bond donors (Lipinski definition) is 1. The molecule has 3 aromatic rings. The van der Waals surface area contributed by atoms with E-state index in [4.69, 9.17) is 28.1 Å². The van der Waals surface area contributed by atoms with Gasteiger partial charge in [-0.3, -0.25) is 4.79 Å². The van der Waals surface area contributed by atoms with Gasteiger partial charge in [0.2, 0.25) is 5.91 Å². The molecule has 0 spiro atoms. The van der Waals surface area contributed by atoms with Crippen molar-refractivity contribution in [3.05, 3.63) is 66.1 Å². The van der Waals surface area contributed by atoms with Gasteiger partial charge in [0.15, 0.2) is 11.5 Å². The van der Waals surface area contributed by atoms with E-state index in [0.717, 1.165) is 5.56 Å². The van der Waals surface area contributed by atoms with E-state index in [9.17, 15) is 9.59 Å². The molecule has 2 aromatic carbocycles. The van der Waals surface area contributed by atoms with Crippen molar-refractivity contribution in [1.29, 1.82) is 0 Å². The lowest BCUT2D eigenvalue weighted by Gasteiger charge is -2.27. The van der Waals surface area contributed by atoms with Gasteiger partial charge in [-0.2, -0.15) is 0 Å². The van der Waals surface area contributed by atoms with Crippen LogP contribution in [0.25, 0.3) is 0 Å². The van der Waals surface area contributed by atoms with Gasteiger partial charge in [0.1, 0.15) is 23.8 Å². The van der Waals surface area contributed by atoms with E-state index in [1.54, 1.807) is 49.6 Å². The first-order chi connectivity index (χ1) is 19.4. The number of furan rings is 1. The van der Waals surface area contributed by atoms with Crippen LogP contribution in [0.2, 0.25) is 0 Å². The number of benzene rings is 2. The molecule has 0 atom stereocenters. The van der Waals surface area contributed by atoms with E-state index >= 15 is 0 Å². The lowest BCUT2D eigenvalue weighted by Crippen LogP contribution is -2.46. The highest BCUT2D eigenvalue weighted by atomic mass is 16.5. The van der Waals surface area contributed by atoms with Crippen LogP contribution in [-0.4, -0.2) is 83.5 Å². The zero-order valence-electron chi connectivity index (χ0n) is 23.6. The van der Waals surface area contributed by atoms with E-state index < -0.39 is 6.03 Å². The highest BCUT2D eigenvalue weighted by Crippen LogP contribution is 2.28. The van der Waals surface area contributed by atoms with Crippen LogP contribution in [0.3, 0.4) is 0 Å². The zero-order valence-corrected chi connectivity index (χ0v) is 23.6. The van der Waals surface area contributed by atoms with Crippen molar-refractivity contribution in [2.75, 3.05) is 67.1 Å². The summed E-state index contributed by atoms with van der Waals surface area (Å²) in [6, 6.07) is 13.8. The van der Waals surface area contributed by atoms with Crippen molar-refractivity contribution >= 4 is 17.6 Å². The second-order valence-corrected chi connectivity index (χ2v) is 8.78. The third kappa shape index (κ3) is 8.57. The van der Waals surface area contributed by atoms with Gasteiger partial charge < -0.3 is 43.2 Å². The number of urea groups is 1. The van der Waals surface area contributed by atoms with Crippen molar-refractivity contribution in [2.45, 2.75) is 13.0 Å². The number of carbonyl (C=O) groups is 2. The molecule has 216 valence electrons. The Kier molecular flexibility index (Phi) is 11.5. The number of nitrogens with zero attached hydrogens (tertiary/aromatic N) is 2. The maximum absolute atomic E-state index is 13.6. The summed E-state index contributed by atoms with van der Waals surface area (Å²) in [5, 5.41) is 2.83. The molecule has 1 N–H and O–H groups in total. The number of rotatable bonds is 15. The van der Waals surface area contributed by atoms with Crippen molar-refractivity contribution in [1.82, 2.24) is 9.80 Å². The van der Waals surface area contributed by atoms with Gasteiger partial charge in [0.05, 0.1) is 47.9 Å². The van der Waals surface area contributed by atoms with E-state index in [-0.39, 0.29) is 32.1 Å². The summed E-state index contributed by atoms with van der Waals surface area (Å²) in [5.74, 6) is 2.68. The first-order valence-electron chi connectivity index (χ1n) is 12.7. The molecule has 0 saturated carbocycles. The molecule has 11 heteroatoms. The summed E-state index contributed by atoms with van der Waals surface area (Å²) < 4.78 is 32.0. The molecule has 40 heavy (non-hydrogen) atoms. The van der Waals surface area contributed by atoms with Crippen LogP contribution in [0.1, 0.15) is 11.3 Å². The number of carbonyl (C=O) groups excluding carboxylic acids is 2. The second kappa shape index (κ2) is 15.3. The van der Waals surface area contributed by atoms with E-state index in [0.29, 0.717) is 47.4 Å². The lowest BCUT2D eigenvalue weighted by molar-refractivity contribution is -0.132. The fourth-order valence-electron chi connectivity index (χ4n) is 3.98. The quantitative estimate of drug-likeness (QED) is 0.299. The maximum atomic E-state index is 13.6. The molecule has 0 fully saturated rings. The molecule has 11 nitrogen and oxygen atoms in total. The summed E-state index contributed by atoms with van der Waals surface area (Å²) in [4.78, 5) is 29.9. The fraction of sp³-hybridized carbons (Fsp3) is 0.379. The SMILES string of the molecule is COCCN(CC(=O)N(CCc1ccc(OC)c(OC)c1)Cc1ccco1)C(=O)Nc1cc(OC)cc(OC)c1. The predicted molar refractivity (Wildman–Crippen MR) is 149 cm³/mol. The van der Waals surface area contributed by atoms with Crippen LogP contribution < -0.4 is 24.3 Å². The second-order valence-electron chi connectivity index (χ2n) is 8.78. The average Bonchev–Trinajstić information content (AvgIpc) is 3.49. The molecule has 0 unspecified atom stereocenters. The Labute approximate surface area is 234 Å². The van der Waals surface area contributed by atoms with Gasteiger partial charge in [-0.25, -0.2) is 4.79 Å². The zero-order chi connectivity index (χ0) is 28.9. The summed E-state index contributed by atoms with van der Waals surface area (Å²) in [6.07, 6.45) is 2.12. The molecule has 1 heterocycles. The van der Waals surface area contributed by atoms with E-state index in [1.165, 1.54) is 26.2 Å². The Balaban J connectivity index is 1.76. The first-order valence-corrected chi connectivity index (χ1v) is 12.7. The Bertz CT molecular complexity index is 1210. The minimum atomic E-state index is -0.460. The minimum absolute atomic E-state index is 0.164. The Morgan fingerprint density at radius 3 is 2.15 bits per heavy atom. The van der Waals surface area contributed by atoms with E-state index in [1.807, 2.05) is 24.3 Å². The minimum Gasteiger partial charge on any atom is -0.497 e. The molecule has 0 saturated heterocycles. The normalized spacial score (nSPS) is 10.5. The van der Waals surface area contributed by atoms with Crippen molar-refractivity contribution < 1.29 is 37.7 Å². The van der Waals surface area contributed by atoms with Crippen molar-refractivity contribution in [2.24, 2.45) is 0 Å². The number of methoxy groups -OCH3 is 5. The summed E-state index contributed by atoms with van der Waals surface area (Å²) in [5.41, 5.74) is 1.44. The topological polar surface area (TPSA) is 112 Å². The number of nitrogens with one attached hydrogen (secondary N) is 1. The molecular formula is C29H37N3O8. The smallest absolute Gasteiger partial charge is 0.322 e. The molecule has 1 aromatic heterocycles. The Morgan fingerprint density at radius 2 is 1.55 bits per heavy atom. The van der Waals surface area contributed by atoms with Gasteiger partial charge >= 0.3 is 6.03 Å². The number of hydrogen-bond acceptors (Lipinski definition) is 8. The Hall–Kier alpha value is -4.38. The molecule has 3 rings (SSSR count). The fourth-order valence-corrected chi connectivity index (χ4v) is 3.98. The molecule has 3 amide bonds. The van der Waals surface area contributed by atoms with Crippen LogP contribution in [0, 0.1) is 0 Å². The van der Waals surface area contributed by atoms with Gasteiger partial charge in [0.25, 0.3) is 0 Å². The van der Waals surface area contributed by atoms with Crippen molar-refractivity contribution in [3.63, 3.8) is 0 Å². The average molecular weight is 556 g/mol. The third-order valence-corrected chi connectivity index (χ3v) is 6.18. The van der Waals surface area contributed by atoms with Gasteiger partial charge in [-0.1, -0.05) is 6.07 Å². The summed E-state index contributed by atoms with van der Waals surface area (Å²) in [7, 11) is 7.75. The molecule has 0 aliphatic rings. The van der Waals surface area contributed by atoms with Crippen LogP contribution in [0.15, 0.2) is 59.2 Å². The predicted octanol–water partition coefficient (Wildman–Crippen LogP) is 4.07.